The number of rotatable bonds is 8. The topological polar surface area (TPSA) is 0 Å². The molecule has 0 heterocycles. The summed E-state index contributed by atoms with van der Waals surface area (Å²) in [6.07, 6.45) is 1.32. The number of hydrogen-bond donors (Lipinski definition) is 0. The monoisotopic (exact) mass is 378 g/mol. The Labute approximate surface area is 121 Å². The first kappa shape index (κ1) is 16.7. The van der Waals surface area contributed by atoms with Crippen LogP contribution in [0.2, 0.25) is 10.6 Å². The molecule has 0 unspecified atom stereocenters. The molecule has 15 heavy (non-hydrogen) atoms. The predicted octanol–water partition coefficient (Wildman–Crippen LogP) is 3.57. The standard InChI is InChI=1S/C11H22S2Se2/c1-10(2,8-14)12-6-5-7-13-11(3,4)9-15/h5-9H2,1-4H3. The van der Waals surface area contributed by atoms with Crippen molar-refractivity contribution in [1.82, 2.24) is 0 Å². The van der Waals surface area contributed by atoms with Gasteiger partial charge in [0.1, 0.15) is 0 Å². The van der Waals surface area contributed by atoms with Crippen LogP contribution >= 0.6 is 23.5 Å². The van der Waals surface area contributed by atoms with Crippen molar-refractivity contribution in [3.8, 4) is 0 Å². The van der Waals surface area contributed by atoms with Gasteiger partial charge in [-0.05, 0) is 0 Å². The Morgan fingerprint density at radius 3 is 1.40 bits per heavy atom. The summed E-state index contributed by atoms with van der Waals surface area (Å²) in [5.41, 5.74) is 0. The summed E-state index contributed by atoms with van der Waals surface area (Å²) < 4.78 is 0.831. The van der Waals surface area contributed by atoms with Crippen molar-refractivity contribution >= 4 is 55.5 Å². The van der Waals surface area contributed by atoms with E-state index in [9.17, 15) is 0 Å². The van der Waals surface area contributed by atoms with E-state index >= 15 is 0 Å². The van der Waals surface area contributed by atoms with Crippen molar-refractivity contribution in [3.05, 3.63) is 0 Å². The Balaban J connectivity index is 3.48. The van der Waals surface area contributed by atoms with Gasteiger partial charge in [-0.25, -0.2) is 0 Å². The van der Waals surface area contributed by atoms with Crippen LogP contribution in [0.15, 0.2) is 0 Å². The SMILES string of the molecule is CC(C)(C[Se])SCCCSC(C)(C)C[Se]. The molecular formula is C11H22S2Se2. The van der Waals surface area contributed by atoms with Gasteiger partial charge in [-0.2, -0.15) is 0 Å². The van der Waals surface area contributed by atoms with E-state index < -0.39 is 0 Å². The van der Waals surface area contributed by atoms with E-state index in [4.69, 9.17) is 0 Å². The zero-order valence-corrected chi connectivity index (χ0v) is 15.2. The Kier molecular flexibility index (Phi) is 8.87. The molecule has 0 saturated heterocycles. The molecule has 0 nitrogen and oxygen atoms in total. The Morgan fingerprint density at radius 2 is 1.13 bits per heavy atom. The van der Waals surface area contributed by atoms with Crippen LogP contribution in [0.1, 0.15) is 34.1 Å². The Morgan fingerprint density at radius 1 is 0.800 bits per heavy atom. The normalized spacial score (nSPS) is 13.2. The van der Waals surface area contributed by atoms with Gasteiger partial charge in [-0.3, -0.25) is 0 Å². The van der Waals surface area contributed by atoms with E-state index in [1.807, 2.05) is 0 Å². The second-order valence-corrected chi connectivity index (χ2v) is 9.67. The second kappa shape index (κ2) is 7.95. The number of hydrogen-bond acceptors (Lipinski definition) is 2. The van der Waals surface area contributed by atoms with Crippen LogP contribution in [0.3, 0.4) is 0 Å². The van der Waals surface area contributed by atoms with Crippen LogP contribution < -0.4 is 0 Å². The van der Waals surface area contributed by atoms with Crippen LogP contribution in [0, 0.1) is 0 Å². The average Bonchev–Trinajstić information content (AvgIpc) is 2.17. The first-order chi connectivity index (χ1) is 6.83. The summed E-state index contributed by atoms with van der Waals surface area (Å²) in [6.45, 7) is 9.25. The quantitative estimate of drug-likeness (QED) is 0.469. The molecular weight excluding hydrogens is 354 g/mol. The van der Waals surface area contributed by atoms with Gasteiger partial charge in [-0.15, -0.1) is 0 Å². The molecule has 2 radical (unpaired) electrons. The first-order valence-corrected chi connectivity index (χ1v) is 9.66. The van der Waals surface area contributed by atoms with Gasteiger partial charge in [-0.1, -0.05) is 0 Å². The molecule has 0 spiro atoms. The van der Waals surface area contributed by atoms with Gasteiger partial charge in [0.2, 0.25) is 0 Å². The van der Waals surface area contributed by atoms with Gasteiger partial charge in [0, 0.05) is 0 Å². The molecule has 0 aromatic rings. The molecule has 0 bridgehead atoms. The second-order valence-electron chi connectivity index (χ2n) is 4.86. The van der Waals surface area contributed by atoms with Crippen LogP contribution in [0.5, 0.6) is 0 Å². The van der Waals surface area contributed by atoms with Gasteiger partial charge in [0.05, 0.1) is 0 Å². The van der Waals surface area contributed by atoms with Gasteiger partial charge in [0.25, 0.3) is 0 Å². The van der Waals surface area contributed by atoms with Crippen molar-refractivity contribution in [2.24, 2.45) is 0 Å². The zero-order valence-electron chi connectivity index (χ0n) is 10.2. The molecule has 0 N–H and O–H groups in total. The molecule has 0 aromatic heterocycles. The summed E-state index contributed by atoms with van der Waals surface area (Å²) >= 11 is 10.4. The molecule has 0 aromatic carbocycles. The summed E-state index contributed by atoms with van der Waals surface area (Å²) in [7, 11) is 0. The minimum atomic E-state index is 0.415. The number of thioether (sulfide) groups is 2. The first-order valence-electron chi connectivity index (χ1n) is 5.27. The molecule has 0 amide bonds. The fourth-order valence-electron chi connectivity index (χ4n) is 0.839. The van der Waals surface area contributed by atoms with Gasteiger partial charge >= 0.3 is 121 Å². The van der Waals surface area contributed by atoms with E-state index in [0.717, 1.165) is 10.6 Å². The van der Waals surface area contributed by atoms with E-state index in [1.165, 1.54) is 17.9 Å². The third-order valence-corrected chi connectivity index (χ3v) is 8.66. The van der Waals surface area contributed by atoms with E-state index in [2.05, 4.69) is 83.2 Å². The van der Waals surface area contributed by atoms with E-state index in [0.29, 0.717) is 9.49 Å². The van der Waals surface area contributed by atoms with E-state index in [-0.39, 0.29) is 0 Å². The molecule has 0 fully saturated rings. The van der Waals surface area contributed by atoms with Crippen LogP contribution in [0.25, 0.3) is 0 Å². The Bertz CT molecular complexity index is 152. The maximum atomic E-state index is 3.13. The van der Waals surface area contributed by atoms with Gasteiger partial charge in [0.15, 0.2) is 0 Å². The molecule has 0 aliphatic heterocycles. The van der Waals surface area contributed by atoms with Crippen LogP contribution in [-0.2, 0) is 0 Å². The van der Waals surface area contributed by atoms with Crippen LogP contribution in [-0.4, -0.2) is 53.0 Å². The molecule has 90 valence electrons. The summed E-state index contributed by atoms with van der Waals surface area (Å²) in [5, 5.41) is 2.28. The molecule has 0 aliphatic rings. The zero-order chi connectivity index (χ0) is 11.9. The third-order valence-electron chi connectivity index (χ3n) is 1.97. The van der Waals surface area contributed by atoms with Crippen molar-refractivity contribution < 1.29 is 0 Å². The molecule has 0 aliphatic carbocycles. The fourth-order valence-corrected chi connectivity index (χ4v) is 3.92. The summed E-state index contributed by atoms with van der Waals surface area (Å²) in [5.74, 6) is 2.57. The molecule has 4 heteroatoms. The van der Waals surface area contributed by atoms with Crippen molar-refractivity contribution in [2.75, 3.05) is 11.5 Å². The molecule has 0 rings (SSSR count). The minimum absolute atomic E-state index is 0.415. The average molecular weight is 376 g/mol. The maximum absolute atomic E-state index is 3.13. The molecule has 0 atom stereocenters. The predicted molar refractivity (Wildman–Crippen MR) is 78.8 cm³/mol. The van der Waals surface area contributed by atoms with Crippen molar-refractivity contribution in [3.63, 3.8) is 0 Å². The Hall–Kier alpha value is 1.74. The van der Waals surface area contributed by atoms with Crippen molar-refractivity contribution in [1.29, 1.82) is 0 Å². The van der Waals surface area contributed by atoms with E-state index in [1.54, 1.807) is 0 Å². The third kappa shape index (κ3) is 9.44. The molecule has 0 saturated carbocycles. The summed E-state index contributed by atoms with van der Waals surface area (Å²) in [4.78, 5) is 0. The summed E-state index contributed by atoms with van der Waals surface area (Å²) in [6, 6.07) is 0. The van der Waals surface area contributed by atoms with Gasteiger partial charge < -0.3 is 0 Å². The van der Waals surface area contributed by atoms with Crippen LogP contribution in [0.4, 0.5) is 0 Å². The van der Waals surface area contributed by atoms with Crippen molar-refractivity contribution in [2.45, 2.75) is 54.2 Å². The fraction of sp³-hybridized carbons (Fsp3) is 1.00.